The third-order valence-electron chi connectivity index (χ3n) is 7.10. The summed E-state index contributed by atoms with van der Waals surface area (Å²) in [6.45, 7) is 1.02. The van der Waals surface area contributed by atoms with E-state index in [0.717, 1.165) is 12.3 Å². The number of carbonyl (C=O) groups excluding carboxylic acids is 2. The van der Waals surface area contributed by atoms with Crippen LogP contribution in [0.1, 0.15) is 39.1 Å². The number of amides is 2. The molecule has 8 nitrogen and oxygen atoms in total. The molecular formula is C28H20ClF3N6O2. The van der Waals surface area contributed by atoms with E-state index in [9.17, 15) is 22.8 Å². The van der Waals surface area contributed by atoms with Crippen LogP contribution in [0.3, 0.4) is 0 Å². The average molecular weight is 565 g/mol. The van der Waals surface area contributed by atoms with E-state index in [2.05, 4.69) is 15.0 Å². The summed E-state index contributed by atoms with van der Waals surface area (Å²) in [4.78, 5) is 46.5. The fourth-order valence-electron chi connectivity index (χ4n) is 5.07. The second kappa shape index (κ2) is 9.98. The lowest BCUT2D eigenvalue weighted by molar-refractivity contribution is -0.137. The zero-order valence-electron chi connectivity index (χ0n) is 20.8. The molecule has 0 spiro atoms. The quantitative estimate of drug-likeness (QED) is 0.301. The molecule has 202 valence electrons. The number of anilines is 1. The van der Waals surface area contributed by atoms with Crippen molar-refractivity contribution in [2.75, 3.05) is 18.0 Å². The molecule has 0 atom stereocenters. The number of rotatable bonds is 4. The van der Waals surface area contributed by atoms with Crippen molar-refractivity contribution in [1.29, 1.82) is 0 Å². The van der Waals surface area contributed by atoms with Crippen molar-refractivity contribution in [3.63, 3.8) is 0 Å². The molecule has 0 saturated carbocycles. The summed E-state index contributed by atoms with van der Waals surface area (Å²) >= 11 is 6.42. The van der Waals surface area contributed by atoms with Crippen molar-refractivity contribution in [1.82, 2.24) is 24.8 Å². The first-order valence-corrected chi connectivity index (χ1v) is 12.8. The van der Waals surface area contributed by atoms with Crippen LogP contribution in [0.4, 0.5) is 19.0 Å². The topological polar surface area (TPSA) is 92.2 Å². The van der Waals surface area contributed by atoms with Gasteiger partial charge in [0.05, 0.1) is 33.6 Å². The number of hydrogen-bond acceptors (Lipinski definition) is 7. The van der Waals surface area contributed by atoms with Crippen LogP contribution in [0.25, 0.3) is 22.6 Å². The molecule has 2 aliphatic rings. The van der Waals surface area contributed by atoms with Crippen LogP contribution >= 0.6 is 11.6 Å². The maximum Gasteiger partial charge on any atom is 0.417 e. The Balaban J connectivity index is 1.28. The number of nitrogens with zero attached hydrogens (tertiary/aromatic N) is 6. The summed E-state index contributed by atoms with van der Waals surface area (Å²) in [5, 5.41) is 0.298. The Morgan fingerprint density at radius 1 is 0.825 bits per heavy atom. The van der Waals surface area contributed by atoms with E-state index < -0.39 is 11.7 Å². The summed E-state index contributed by atoms with van der Waals surface area (Å²) in [6.07, 6.45) is 1.84. The maximum atomic E-state index is 13.1. The number of hydrogen-bond donors (Lipinski definition) is 0. The fraction of sp³-hybridized carbons (Fsp3) is 0.214. The lowest BCUT2D eigenvalue weighted by atomic mass is 10.0. The molecule has 3 aromatic heterocycles. The van der Waals surface area contributed by atoms with Crippen LogP contribution in [0, 0.1) is 0 Å². The molecular weight excluding hydrogens is 545 g/mol. The number of benzene rings is 1. The molecule has 40 heavy (non-hydrogen) atoms. The van der Waals surface area contributed by atoms with Crippen molar-refractivity contribution in [3.8, 4) is 22.6 Å². The summed E-state index contributed by atoms with van der Waals surface area (Å²) in [6, 6.07) is 10.4. The molecule has 4 aromatic rings. The van der Waals surface area contributed by atoms with Gasteiger partial charge in [0.1, 0.15) is 17.2 Å². The highest BCUT2D eigenvalue weighted by Gasteiger charge is 2.41. The number of piperidine rings is 1. The van der Waals surface area contributed by atoms with Gasteiger partial charge in [-0.2, -0.15) is 13.2 Å². The van der Waals surface area contributed by atoms with Gasteiger partial charge in [0.15, 0.2) is 0 Å². The minimum Gasteiger partial charge on any atom is -0.355 e. The molecule has 2 amide bonds. The van der Waals surface area contributed by atoms with Crippen LogP contribution < -0.4 is 4.90 Å². The van der Waals surface area contributed by atoms with Crippen LogP contribution in [-0.4, -0.2) is 55.8 Å². The Kier molecular flexibility index (Phi) is 6.46. The highest BCUT2D eigenvalue weighted by Crippen LogP contribution is 2.36. The zero-order chi connectivity index (χ0) is 28.0. The lowest BCUT2D eigenvalue weighted by Gasteiger charge is -2.36. The molecule has 1 saturated heterocycles. The molecule has 0 radical (unpaired) electrons. The van der Waals surface area contributed by atoms with E-state index in [1.165, 1.54) is 29.6 Å². The normalized spacial score (nSPS) is 16.0. The molecule has 0 unspecified atom stereocenters. The SMILES string of the molecule is O=C1c2ccccc2C(=O)N1C1CCN(c2cnc(-c3ccc(C(F)(F)F)cn3)c(-c3ccncc3Cl)n2)CC1. The minimum atomic E-state index is -4.52. The number of imide groups is 1. The van der Waals surface area contributed by atoms with Gasteiger partial charge in [-0.3, -0.25) is 24.5 Å². The Morgan fingerprint density at radius 3 is 2.12 bits per heavy atom. The van der Waals surface area contributed by atoms with Gasteiger partial charge in [0, 0.05) is 43.3 Å². The largest absolute Gasteiger partial charge is 0.417 e. The summed E-state index contributed by atoms with van der Waals surface area (Å²) in [5.74, 6) is -0.0249. The number of halogens is 4. The van der Waals surface area contributed by atoms with Crippen molar-refractivity contribution in [2.24, 2.45) is 0 Å². The lowest BCUT2D eigenvalue weighted by Crippen LogP contribution is -2.47. The maximum absolute atomic E-state index is 13.1. The third-order valence-corrected chi connectivity index (χ3v) is 7.40. The highest BCUT2D eigenvalue weighted by molar-refractivity contribution is 6.33. The van der Waals surface area contributed by atoms with Crippen LogP contribution in [0.15, 0.2) is 67.3 Å². The van der Waals surface area contributed by atoms with Gasteiger partial charge in [-0.15, -0.1) is 0 Å². The monoisotopic (exact) mass is 564 g/mol. The molecule has 1 fully saturated rings. The summed E-state index contributed by atoms with van der Waals surface area (Å²) in [7, 11) is 0. The Labute approximate surface area is 231 Å². The molecule has 0 aliphatic carbocycles. The zero-order valence-corrected chi connectivity index (χ0v) is 21.5. The van der Waals surface area contributed by atoms with Gasteiger partial charge >= 0.3 is 6.18 Å². The molecule has 12 heteroatoms. The number of fused-ring (bicyclic) bond motifs is 1. The number of pyridine rings is 2. The Bertz CT molecular complexity index is 1590. The predicted molar refractivity (Wildman–Crippen MR) is 141 cm³/mol. The first kappa shape index (κ1) is 25.9. The van der Waals surface area contributed by atoms with Gasteiger partial charge in [0.2, 0.25) is 0 Å². The molecule has 6 rings (SSSR count). The molecule has 0 N–H and O–H groups in total. The second-order valence-electron chi connectivity index (χ2n) is 9.45. The smallest absolute Gasteiger partial charge is 0.355 e. The Hall–Kier alpha value is -4.38. The highest BCUT2D eigenvalue weighted by atomic mass is 35.5. The third kappa shape index (κ3) is 4.56. The van der Waals surface area contributed by atoms with E-state index >= 15 is 0 Å². The molecule has 0 bridgehead atoms. The summed E-state index contributed by atoms with van der Waals surface area (Å²) < 4.78 is 39.2. The van der Waals surface area contributed by atoms with Crippen molar-refractivity contribution < 1.29 is 22.8 Å². The average Bonchev–Trinajstić information content (AvgIpc) is 3.22. The van der Waals surface area contributed by atoms with E-state index in [0.29, 0.717) is 59.2 Å². The van der Waals surface area contributed by atoms with Gasteiger partial charge in [-0.25, -0.2) is 9.97 Å². The van der Waals surface area contributed by atoms with E-state index in [1.54, 1.807) is 30.3 Å². The molecule has 5 heterocycles. The predicted octanol–water partition coefficient (Wildman–Crippen LogP) is 5.54. The van der Waals surface area contributed by atoms with E-state index in [4.69, 9.17) is 16.6 Å². The fourth-order valence-corrected chi connectivity index (χ4v) is 5.28. The van der Waals surface area contributed by atoms with Crippen molar-refractivity contribution in [2.45, 2.75) is 25.1 Å². The van der Waals surface area contributed by atoms with Gasteiger partial charge in [0.25, 0.3) is 11.8 Å². The van der Waals surface area contributed by atoms with Crippen molar-refractivity contribution >= 4 is 29.2 Å². The summed E-state index contributed by atoms with van der Waals surface area (Å²) in [5.41, 5.74) is 1.30. The van der Waals surface area contributed by atoms with Gasteiger partial charge in [-0.1, -0.05) is 23.7 Å². The second-order valence-corrected chi connectivity index (χ2v) is 9.86. The standard InChI is InChI=1S/C28H20ClF3N6O2/c29-21-14-33-10-7-20(21)24-25(22-6-5-16(13-34-22)28(30,31)32)35-15-23(36-24)37-11-8-17(9-12-37)38-26(39)18-3-1-2-4-19(18)27(38)40/h1-7,10,13-15,17H,8-9,11-12H2. The van der Waals surface area contributed by atoms with Crippen LogP contribution in [-0.2, 0) is 6.18 Å². The first-order valence-electron chi connectivity index (χ1n) is 12.4. The number of alkyl halides is 3. The van der Waals surface area contributed by atoms with E-state index in [1.807, 2.05) is 4.90 Å². The Morgan fingerprint density at radius 2 is 1.52 bits per heavy atom. The number of carbonyl (C=O) groups is 2. The minimum absolute atomic E-state index is 0.208. The first-order chi connectivity index (χ1) is 19.2. The van der Waals surface area contributed by atoms with Crippen LogP contribution in [0.2, 0.25) is 5.02 Å². The molecule has 2 aliphatic heterocycles. The number of aromatic nitrogens is 4. The van der Waals surface area contributed by atoms with Gasteiger partial charge < -0.3 is 4.90 Å². The van der Waals surface area contributed by atoms with Crippen LogP contribution in [0.5, 0.6) is 0 Å². The van der Waals surface area contributed by atoms with Crippen molar-refractivity contribution in [3.05, 3.63) is 89.0 Å². The van der Waals surface area contributed by atoms with Gasteiger partial charge in [-0.05, 0) is 43.2 Å². The molecule has 1 aromatic carbocycles. The van der Waals surface area contributed by atoms with E-state index in [-0.39, 0.29) is 29.2 Å².